The number of nitriles is 1. The molecule has 6 heteroatoms. The monoisotopic (exact) mass is 269 g/mol. The topological polar surface area (TPSA) is 87.2 Å². The number of nitrogens with two attached hydrogens (primary N) is 1. The molecule has 0 amide bonds. The van der Waals surface area contributed by atoms with E-state index in [1.54, 1.807) is 0 Å². The van der Waals surface area contributed by atoms with Gasteiger partial charge in [-0.1, -0.05) is 0 Å². The van der Waals surface area contributed by atoms with Crippen LogP contribution in [0.1, 0.15) is 5.56 Å². The van der Waals surface area contributed by atoms with Gasteiger partial charge in [0.15, 0.2) is 0 Å². The molecule has 6 nitrogen and oxygen atoms in total. The zero-order chi connectivity index (χ0) is 13.9. The van der Waals surface area contributed by atoms with Crippen molar-refractivity contribution in [3.8, 4) is 6.07 Å². The SMILES string of the molecule is N#Cc1cnc2ccc(N3CCOCC3)cc2c1NN. The molecule has 0 unspecified atom stereocenters. The van der Waals surface area contributed by atoms with E-state index in [1.807, 2.05) is 18.2 Å². The normalized spacial score (nSPS) is 15.1. The van der Waals surface area contributed by atoms with E-state index in [4.69, 9.17) is 15.8 Å². The van der Waals surface area contributed by atoms with Gasteiger partial charge in [-0.25, -0.2) is 0 Å². The number of rotatable bonds is 2. The molecule has 0 atom stereocenters. The van der Waals surface area contributed by atoms with Gasteiger partial charge in [0.25, 0.3) is 0 Å². The van der Waals surface area contributed by atoms with Crippen molar-refractivity contribution in [2.45, 2.75) is 0 Å². The van der Waals surface area contributed by atoms with Gasteiger partial charge in [0.2, 0.25) is 0 Å². The van der Waals surface area contributed by atoms with Crippen molar-refractivity contribution in [2.24, 2.45) is 5.84 Å². The average molecular weight is 269 g/mol. The summed E-state index contributed by atoms with van der Waals surface area (Å²) in [6, 6.07) is 8.10. The standard InChI is InChI=1S/C14H15N5O/c15-8-10-9-17-13-2-1-11(7-12(13)14(10)18-16)19-3-5-20-6-4-19/h1-2,7,9H,3-6,16H2,(H,17,18). The summed E-state index contributed by atoms with van der Waals surface area (Å²) >= 11 is 0. The van der Waals surface area contributed by atoms with Gasteiger partial charge in [-0.05, 0) is 18.2 Å². The fourth-order valence-corrected chi connectivity index (χ4v) is 2.44. The van der Waals surface area contributed by atoms with Crippen LogP contribution in [0.15, 0.2) is 24.4 Å². The number of anilines is 2. The van der Waals surface area contributed by atoms with Gasteiger partial charge in [-0.2, -0.15) is 5.26 Å². The van der Waals surface area contributed by atoms with Crippen LogP contribution in [0.25, 0.3) is 10.9 Å². The number of ether oxygens (including phenoxy) is 1. The first-order valence-corrected chi connectivity index (χ1v) is 6.45. The number of morpholine rings is 1. The Balaban J connectivity index is 2.11. The molecule has 20 heavy (non-hydrogen) atoms. The summed E-state index contributed by atoms with van der Waals surface area (Å²) in [4.78, 5) is 6.54. The van der Waals surface area contributed by atoms with E-state index in [9.17, 15) is 0 Å². The maximum Gasteiger partial charge on any atom is 0.103 e. The lowest BCUT2D eigenvalue weighted by atomic mass is 10.1. The van der Waals surface area contributed by atoms with E-state index in [0.29, 0.717) is 11.3 Å². The second kappa shape index (κ2) is 5.33. The smallest absolute Gasteiger partial charge is 0.103 e. The molecular weight excluding hydrogens is 254 g/mol. The molecule has 1 aromatic carbocycles. The molecule has 1 aliphatic rings. The van der Waals surface area contributed by atoms with Gasteiger partial charge in [-0.15, -0.1) is 0 Å². The Hall–Kier alpha value is -2.36. The molecule has 0 spiro atoms. The van der Waals surface area contributed by atoms with Crippen molar-refractivity contribution in [3.05, 3.63) is 30.0 Å². The predicted molar refractivity (Wildman–Crippen MR) is 77.3 cm³/mol. The van der Waals surface area contributed by atoms with Crippen molar-refractivity contribution >= 4 is 22.3 Å². The van der Waals surface area contributed by atoms with Gasteiger partial charge in [-0.3, -0.25) is 10.8 Å². The number of nitrogen functional groups attached to an aromatic ring is 1. The number of aromatic nitrogens is 1. The molecular formula is C14H15N5O. The zero-order valence-electron chi connectivity index (χ0n) is 11.0. The van der Waals surface area contributed by atoms with Crippen LogP contribution >= 0.6 is 0 Å². The summed E-state index contributed by atoms with van der Waals surface area (Å²) in [7, 11) is 0. The summed E-state index contributed by atoms with van der Waals surface area (Å²) in [6.45, 7) is 3.19. The Morgan fingerprint density at radius 3 is 2.85 bits per heavy atom. The summed E-state index contributed by atoms with van der Waals surface area (Å²) in [6.07, 6.45) is 1.53. The van der Waals surface area contributed by atoms with Crippen LogP contribution in [0.4, 0.5) is 11.4 Å². The van der Waals surface area contributed by atoms with E-state index < -0.39 is 0 Å². The summed E-state index contributed by atoms with van der Waals surface area (Å²) < 4.78 is 5.36. The first-order valence-electron chi connectivity index (χ1n) is 6.45. The fourth-order valence-electron chi connectivity index (χ4n) is 2.44. The van der Waals surface area contributed by atoms with Crippen LogP contribution in [0.2, 0.25) is 0 Å². The molecule has 3 N–H and O–H groups in total. The average Bonchev–Trinajstić information content (AvgIpc) is 2.54. The molecule has 0 bridgehead atoms. The summed E-state index contributed by atoms with van der Waals surface area (Å²) in [5, 5.41) is 9.97. The van der Waals surface area contributed by atoms with Crippen molar-refractivity contribution in [3.63, 3.8) is 0 Å². The fraction of sp³-hybridized carbons (Fsp3) is 0.286. The highest BCUT2D eigenvalue weighted by atomic mass is 16.5. The molecule has 0 radical (unpaired) electrons. The first-order chi connectivity index (χ1) is 9.83. The van der Waals surface area contributed by atoms with Crippen molar-refractivity contribution < 1.29 is 4.74 Å². The lowest BCUT2D eigenvalue weighted by Gasteiger charge is -2.29. The third-order valence-electron chi connectivity index (χ3n) is 3.49. The number of fused-ring (bicyclic) bond motifs is 1. The van der Waals surface area contributed by atoms with Crippen molar-refractivity contribution in [2.75, 3.05) is 36.6 Å². The van der Waals surface area contributed by atoms with Crippen LogP contribution in [0.5, 0.6) is 0 Å². The molecule has 2 heterocycles. The van der Waals surface area contributed by atoms with E-state index in [2.05, 4.69) is 21.4 Å². The number of pyridine rings is 1. The second-order valence-electron chi connectivity index (χ2n) is 4.60. The third-order valence-corrected chi connectivity index (χ3v) is 3.49. The van der Waals surface area contributed by atoms with Gasteiger partial charge >= 0.3 is 0 Å². The Morgan fingerprint density at radius 1 is 1.35 bits per heavy atom. The quantitative estimate of drug-likeness (QED) is 0.630. The number of nitrogens with one attached hydrogen (secondary N) is 1. The lowest BCUT2D eigenvalue weighted by Crippen LogP contribution is -2.36. The zero-order valence-corrected chi connectivity index (χ0v) is 11.0. The predicted octanol–water partition coefficient (Wildman–Crippen LogP) is 1.23. The molecule has 1 fully saturated rings. The molecule has 1 aliphatic heterocycles. The van der Waals surface area contributed by atoms with Crippen LogP contribution in [0.3, 0.4) is 0 Å². The number of nitrogens with zero attached hydrogens (tertiary/aromatic N) is 3. The van der Waals surface area contributed by atoms with Crippen molar-refractivity contribution in [1.29, 1.82) is 5.26 Å². The molecule has 1 saturated heterocycles. The van der Waals surface area contributed by atoms with Gasteiger partial charge in [0.1, 0.15) is 6.07 Å². The molecule has 2 aromatic rings. The molecule has 3 rings (SSSR count). The Bertz CT molecular complexity index is 673. The number of hydrogen-bond donors (Lipinski definition) is 2. The van der Waals surface area contributed by atoms with Crippen LogP contribution in [-0.4, -0.2) is 31.3 Å². The molecule has 102 valence electrons. The minimum absolute atomic E-state index is 0.444. The number of hydrogen-bond acceptors (Lipinski definition) is 6. The van der Waals surface area contributed by atoms with Crippen molar-refractivity contribution in [1.82, 2.24) is 4.98 Å². The minimum Gasteiger partial charge on any atom is -0.378 e. The highest BCUT2D eigenvalue weighted by molar-refractivity contribution is 5.95. The van der Waals surface area contributed by atoms with E-state index in [-0.39, 0.29) is 0 Å². The summed E-state index contributed by atoms with van der Waals surface area (Å²) in [5.41, 5.74) is 5.58. The second-order valence-corrected chi connectivity index (χ2v) is 4.60. The Kier molecular flexibility index (Phi) is 3.37. The number of benzene rings is 1. The lowest BCUT2D eigenvalue weighted by molar-refractivity contribution is 0.122. The van der Waals surface area contributed by atoms with E-state index >= 15 is 0 Å². The molecule has 1 aromatic heterocycles. The highest BCUT2D eigenvalue weighted by Gasteiger charge is 2.14. The van der Waals surface area contributed by atoms with Gasteiger partial charge in [0.05, 0.1) is 30.0 Å². The van der Waals surface area contributed by atoms with Gasteiger partial charge in [0, 0.05) is 30.4 Å². The van der Waals surface area contributed by atoms with Gasteiger partial charge < -0.3 is 15.1 Å². The van der Waals surface area contributed by atoms with Crippen LogP contribution in [0, 0.1) is 11.3 Å². The largest absolute Gasteiger partial charge is 0.378 e. The molecule has 0 aliphatic carbocycles. The number of hydrazine groups is 1. The minimum atomic E-state index is 0.444. The Morgan fingerprint density at radius 2 is 2.15 bits per heavy atom. The van der Waals surface area contributed by atoms with Crippen LogP contribution < -0.4 is 16.2 Å². The maximum atomic E-state index is 9.11. The van der Waals surface area contributed by atoms with E-state index in [1.165, 1.54) is 6.20 Å². The van der Waals surface area contributed by atoms with E-state index in [0.717, 1.165) is 42.9 Å². The molecule has 0 saturated carbocycles. The third kappa shape index (κ3) is 2.13. The van der Waals surface area contributed by atoms with Crippen LogP contribution in [-0.2, 0) is 4.74 Å². The highest BCUT2D eigenvalue weighted by Crippen LogP contribution is 2.29. The maximum absolute atomic E-state index is 9.11. The summed E-state index contributed by atoms with van der Waals surface area (Å²) in [5.74, 6) is 5.56. The first kappa shape index (κ1) is 12.7. The Labute approximate surface area is 116 Å².